The van der Waals surface area contributed by atoms with Gasteiger partial charge in [-0.25, -0.2) is 0 Å². The van der Waals surface area contributed by atoms with Crippen molar-refractivity contribution in [3.05, 3.63) is 0 Å². The number of hydrogen-bond donors (Lipinski definition) is 0. The molecule has 12 heavy (non-hydrogen) atoms. The molecule has 1 unspecified atom stereocenters. The van der Waals surface area contributed by atoms with E-state index < -0.39 is 0 Å². The van der Waals surface area contributed by atoms with Crippen molar-refractivity contribution in [2.45, 2.75) is 6.42 Å². The molecular weight excluding hydrogens is 222 g/mol. The predicted molar refractivity (Wildman–Crippen MR) is 50.4 cm³/mol. The van der Waals surface area contributed by atoms with Crippen LogP contribution >= 0.6 is 15.9 Å². The van der Waals surface area contributed by atoms with Gasteiger partial charge in [-0.1, -0.05) is 15.9 Å². The molecule has 0 radical (unpaired) electrons. The lowest BCUT2D eigenvalue weighted by Crippen LogP contribution is -2.28. The fourth-order valence-corrected chi connectivity index (χ4v) is 1.81. The minimum absolute atomic E-state index is 0.261. The maximum atomic E-state index is 11.3. The number of nitrogens with zero attached hydrogens (tertiary/aromatic N) is 1. The van der Waals surface area contributed by atoms with E-state index in [4.69, 9.17) is 4.74 Å². The first-order valence-electron chi connectivity index (χ1n) is 4.10. The number of hydrogen-bond acceptors (Lipinski definition) is 2. The summed E-state index contributed by atoms with van der Waals surface area (Å²) in [6, 6.07) is 0. The first kappa shape index (κ1) is 9.99. The van der Waals surface area contributed by atoms with Crippen molar-refractivity contribution < 1.29 is 9.53 Å². The molecule has 0 aromatic rings. The number of ether oxygens (including phenoxy) is 1. The zero-order valence-corrected chi connectivity index (χ0v) is 8.84. The summed E-state index contributed by atoms with van der Waals surface area (Å²) >= 11 is 3.39. The van der Waals surface area contributed by atoms with Crippen molar-refractivity contribution in [2.75, 3.05) is 32.1 Å². The number of methoxy groups -OCH3 is 1. The van der Waals surface area contributed by atoms with Gasteiger partial charge in [-0.3, -0.25) is 4.79 Å². The van der Waals surface area contributed by atoms with Crippen LogP contribution in [-0.2, 0) is 9.53 Å². The van der Waals surface area contributed by atoms with Gasteiger partial charge in [0.2, 0.25) is 5.91 Å². The van der Waals surface area contributed by atoms with Crippen LogP contribution in [0.15, 0.2) is 0 Å². The fraction of sp³-hybridized carbons (Fsp3) is 0.875. The summed E-state index contributed by atoms with van der Waals surface area (Å²) in [5.41, 5.74) is 0. The van der Waals surface area contributed by atoms with Crippen LogP contribution in [0.5, 0.6) is 0 Å². The Morgan fingerprint density at radius 1 is 1.75 bits per heavy atom. The van der Waals surface area contributed by atoms with E-state index in [2.05, 4.69) is 15.9 Å². The van der Waals surface area contributed by atoms with Crippen LogP contribution in [0.2, 0.25) is 0 Å². The molecule has 4 heteroatoms. The Morgan fingerprint density at radius 2 is 2.50 bits per heavy atom. The molecule has 1 aliphatic rings. The van der Waals surface area contributed by atoms with Gasteiger partial charge in [-0.05, 0) is 5.92 Å². The molecule has 1 fully saturated rings. The van der Waals surface area contributed by atoms with Crippen LogP contribution in [0, 0.1) is 5.92 Å². The minimum atomic E-state index is 0.261. The lowest BCUT2D eigenvalue weighted by atomic mass is 10.2. The second-order valence-electron chi connectivity index (χ2n) is 3.06. The van der Waals surface area contributed by atoms with Crippen LogP contribution in [-0.4, -0.2) is 42.9 Å². The number of likely N-dealkylation sites (tertiary alicyclic amines) is 1. The summed E-state index contributed by atoms with van der Waals surface area (Å²) in [7, 11) is 1.66. The number of alkyl halides is 1. The van der Waals surface area contributed by atoms with Gasteiger partial charge in [0.25, 0.3) is 0 Å². The smallest absolute Gasteiger partial charge is 0.223 e. The topological polar surface area (TPSA) is 29.5 Å². The van der Waals surface area contributed by atoms with E-state index in [0.29, 0.717) is 18.9 Å². The third kappa shape index (κ3) is 2.45. The highest BCUT2D eigenvalue weighted by Gasteiger charge is 2.27. The zero-order chi connectivity index (χ0) is 8.97. The van der Waals surface area contributed by atoms with Gasteiger partial charge in [-0.2, -0.15) is 0 Å². The van der Waals surface area contributed by atoms with E-state index in [1.807, 2.05) is 4.90 Å². The first-order chi connectivity index (χ1) is 5.77. The number of rotatable bonds is 4. The SMILES string of the molecule is COCCN1CC(CBr)CC1=O. The van der Waals surface area contributed by atoms with Crippen molar-refractivity contribution in [1.29, 1.82) is 0 Å². The molecule has 1 aliphatic heterocycles. The molecule has 70 valence electrons. The Kier molecular flexibility index (Phi) is 4.01. The Labute approximate surface area is 81.2 Å². The van der Waals surface area contributed by atoms with Gasteiger partial charge in [0.15, 0.2) is 0 Å². The number of halogens is 1. The van der Waals surface area contributed by atoms with Crippen LogP contribution in [0.3, 0.4) is 0 Å². The van der Waals surface area contributed by atoms with Gasteiger partial charge in [-0.15, -0.1) is 0 Å². The summed E-state index contributed by atoms with van der Waals surface area (Å²) in [6.07, 6.45) is 0.689. The maximum absolute atomic E-state index is 11.3. The number of carbonyl (C=O) groups excluding carboxylic acids is 1. The van der Waals surface area contributed by atoms with Crippen molar-refractivity contribution in [3.63, 3.8) is 0 Å². The van der Waals surface area contributed by atoms with E-state index in [1.54, 1.807) is 7.11 Å². The Hall–Kier alpha value is -0.0900. The highest BCUT2D eigenvalue weighted by Crippen LogP contribution is 2.18. The molecule has 1 saturated heterocycles. The minimum Gasteiger partial charge on any atom is -0.383 e. The summed E-state index contributed by atoms with van der Waals surface area (Å²) in [5.74, 6) is 0.755. The predicted octanol–water partition coefficient (Wildman–Crippen LogP) is 0.876. The Balaban J connectivity index is 2.31. The van der Waals surface area contributed by atoms with Crippen molar-refractivity contribution in [3.8, 4) is 0 Å². The molecule has 0 aromatic heterocycles. The molecule has 1 heterocycles. The van der Waals surface area contributed by atoms with Crippen LogP contribution in [0.25, 0.3) is 0 Å². The number of amides is 1. The lowest BCUT2D eigenvalue weighted by molar-refractivity contribution is -0.128. The Bertz CT molecular complexity index is 163. The van der Waals surface area contributed by atoms with E-state index in [9.17, 15) is 4.79 Å². The molecule has 1 rings (SSSR count). The average molecular weight is 236 g/mol. The molecule has 0 bridgehead atoms. The Morgan fingerprint density at radius 3 is 3.00 bits per heavy atom. The monoisotopic (exact) mass is 235 g/mol. The van der Waals surface area contributed by atoms with Gasteiger partial charge in [0.05, 0.1) is 6.61 Å². The second kappa shape index (κ2) is 4.82. The molecule has 0 aliphatic carbocycles. The number of carbonyl (C=O) groups is 1. The molecule has 0 N–H and O–H groups in total. The van der Waals surface area contributed by atoms with Crippen LogP contribution < -0.4 is 0 Å². The van der Waals surface area contributed by atoms with E-state index in [1.165, 1.54) is 0 Å². The van der Waals surface area contributed by atoms with Gasteiger partial charge >= 0.3 is 0 Å². The third-order valence-corrected chi connectivity index (χ3v) is 2.99. The van der Waals surface area contributed by atoms with Crippen molar-refractivity contribution >= 4 is 21.8 Å². The van der Waals surface area contributed by atoms with E-state index in [-0.39, 0.29) is 5.91 Å². The summed E-state index contributed by atoms with van der Waals surface area (Å²) in [4.78, 5) is 13.2. The third-order valence-electron chi connectivity index (χ3n) is 2.08. The van der Waals surface area contributed by atoms with Crippen LogP contribution in [0.1, 0.15) is 6.42 Å². The highest BCUT2D eigenvalue weighted by molar-refractivity contribution is 9.09. The molecule has 1 atom stereocenters. The van der Waals surface area contributed by atoms with Crippen molar-refractivity contribution in [2.24, 2.45) is 5.92 Å². The van der Waals surface area contributed by atoms with Gasteiger partial charge in [0.1, 0.15) is 0 Å². The average Bonchev–Trinajstić information content (AvgIpc) is 2.43. The largest absolute Gasteiger partial charge is 0.383 e. The first-order valence-corrected chi connectivity index (χ1v) is 5.22. The van der Waals surface area contributed by atoms with E-state index >= 15 is 0 Å². The summed E-state index contributed by atoms with van der Waals surface area (Å²) in [5, 5.41) is 0.919. The standard InChI is InChI=1S/C8H14BrNO2/c1-12-3-2-10-6-7(5-9)4-8(10)11/h7H,2-6H2,1H3. The summed E-state index contributed by atoms with van der Waals surface area (Å²) in [6.45, 7) is 2.26. The highest BCUT2D eigenvalue weighted by atomic mass is 79.9. The maximum Gasteiger partial charge on any atom is 0.223 e. The normalized spacial score (nSPS) is 23.7. The van der Waals surface area contributed by atoms with Crippen LogP contribution in [0.4, 0.5) is 0 Å². The molecule has 1 amide bonds. The van der Waals surface area contributed by atoms with Gasteiger partial charge in [0, 0.05) is 32.0 Å². The zero-order valence-electron chi connectivity index (χ0n) is 7.25. The second-order valence-corrected chi connectivity index (χ2v) is 3.70. The lowest BCUT2D eigenvalue weighted by Gasteiger charge is -2.14. The molecule has 0 saturated carbocycles. The molecule has 3 nitrogen and oxygen atoms in total. The molecule has 0 spiro atoms. The van der Waals surface area contributed by atoms with E-state index in [0.717, 1.165) is 18.4 Å². The molecular formula is C8H14BrNO2. The molecule has 0 aromatic carbocycles. The summed E-state index contributed by atoms with van der Waals surface area (Å²) < 4.78 is 4.92. The fourth-order valence-electron chi connectivity index (χ4n) is 1.37. The van der Waals surface area contributed by atoms with Gasteiger partial charge < -0.3 is 9.64 Å². The van der Waals surface area contributed by atoms with Crippen molar-refractivity contribution in [1.82, 2.24) is 4.90 Å². The quantitative estimate of drug-likeness (QED) is 0.678.